The van der Waals surface area contributed by atoms with Gasteiger partial charge in [-0.25, -0.2) is 0 Å². The molecule has 0 radical (unpaired) electrons. The van der Waals surface area contributed by atoms with E-state index in [0.29, 0.717) is 0 Å². The topological polar surface area (TPSA) is 17.1 Å². The highest BCUT2D eigenvalue weighted by Crippen LogP contribution is 2.28. The second-order valence-corrected chi connectivity index (χ2v) is 5.16. The molecule has 0 bridgehead atoms. The molecule has 1 heterocycles. The van der Waals surface area contributed by atoms with Crippen LogP contribution in [0.1, 0.15) is 28.4 Å². The Labute approximate surface area is 84.9 Å². The fourth-order valence-electron chi connectivity index (χ4n) is 0.913. The van der Waals surface area contributed by atoms with Crippen LogP contribution in [-0.4, -0.2) is 5.78 Å². The van der Waals surface area contributed by atoms with Gasteiger partial charge in [-0.05, 0) is 28.9 Å². The maximum absolute atomic E-state index is 11.6. The number of hydrogen-bond donors (Lipinski definition) is 0. The summed E-state index contributed by atoms with van der Waals surface area (Å²) < 4.78 is 0.934. The van der Waals surface area contributed by atoms with Gasteiger partial charge in [0.05, 0.1) is 4.88 Å². The number of carbonyl (C=O) groups is 1. The summed E-state index contributed by atoms with van der Waals surface area (Å²) in [6, 6.07) is 1.99. The van der Waals surface area contributed by atoms with E-state index < -0.39 is 0 Å². The lowest BCUT2D eigenvalue weighted by Gasteiger charge is -2.00. The van der Waals surface area contributed by atoms with Crippen molar-refractivity contribution >= 4 is 33.0 Å². The Balaban J connectivity index is 3.02. The maximum atomic E-state index is 11.6. The van der Waals surface area contributed by atoms with E-state index >= 15 is 0 Å². The normalized spacial score (nSPS) is 10.8. The number of halogens is 1. The summed E-state index contributed by atoms with van der Waals surface area (Å²) >= 11 is 4.93. The van der Waals surface area contributed by atoms with E-state index in [4.69, 9.17) is 0 Å². The molecule has 0 saturated heterocycles. The zero-order valence-electron chi connectivity index (χ0n) is 7.35. The van der Waals surface area contributed by atoms with Crippen LogP contribution in [0.3, 0.4) is 0 Å². The van der Waals surface area contributed by atoms with E-state index in [0.717, 1.165) is 9.35 Å². The summed E-state index contributed by atoms with van der Waals surface area (Å²) in [5.74, 6) is 0.305. The van der Waals surface area contributed by atoms with E-state index in [1.807, 2.05) is 26.8 Å². The molecule has 0 aliphatic carbocycles. The van der Waals surface area contributed by atoms with Crippen LogP contribution in [0, 0.1) is 12.8 Å². The van der Waals surface area contributed by atoms with E-state index in [1.165, 1.54) is 4.88 Å². The lowest BCUT2D eigenvalue weighted by atomic mass is 10.1. The first-order chi connectivity index (χ1) is 5.52. The van der Waals surface area contributed by atoms with Crippen molar-refractivity contribution in [2.75, 3.05) is 0 Å². The monoisotopic (exact) mass is 246 g/mol. The zero-order chi connectivity index (χ0) is 9.30. The van der Waals surface area contributed by atoms with Gasteiger partial charge >= 0.3 is 0 Å². The molecule has 0 spiro atoms. The largest absolute Gasteiger partial charge is 0.293 e. The molecular formula is C9H11BrOS. The minimum Gasteiger partial charge on any atom is -0.293 e. The number of Topliss-reactive ketones (excluding diaryl/α,β-unsaturated/α-hetero) is 1. The van der Waals surface area contributed by atoms with Crippen molar-refractivity contribution < 1.29 is 4.79 Å². The number of ketones is 1. The Morgan fingerprint density at radius 3 is 2.50 bits per heavy atom. The number of carbonyl (C=O) groups excluding carboxylic acids is 1. The van der Waals surface area contributed by atoms with Crippen LogP contribution in [0.25, 0.3) is 0 Å². The van der Waals surface area contributed by atoms with E-state index in [-0.39, 0.29) is 11.7 Å². The van der Waals surface area contributed by atoms with Crippen LogP contribution in [0.4, 0.5) is 0 Å². The van der Waals surface area contributed by atoms with Crippen LogP contribution in [0.5, 0.6) is 0 Å². The van der Waals surface area contributed by atoms with Crippen molar-refractivity contribution in [3.8, 4) is 0 Å². The van der Waals surface area contributed by atoms with Gasteiger partial charge in [-0.1, -0.05) is 13.8 Å². The van der Waals surface area contributed by atoms with Gasteiger partial charge in [0.2, 0.25) is 0 Å². The van der Waals surface area contributed by atoms with Crippen molar-refractivity contribution in [2.45, 2.75) is 20.8 Å². The van der Waals surface area contributed by atoms with E-state index in [1.54, 1.807) is 11.3 Å². The highest BCUT2D eigenvalue weighted by Gasteiger charge is 2.15. The number of thiophene rings is 1. The number of aryl methyl sites for hydroxylation is 1. The quantitative estimate of drug-likeness (QED) is 0.729. The van der Waals surface area contributed by atoms with Gasteiger partial charge in [-0.15, -0.1) is 11.3 Å². The third kappa shape index (κ3) is 1.96. The van der Waals surface area contributed by atoms with Crippen LogP contribution < -0.4 is 0 Å². The van der Waals surface area contributed by atoms with Crippen molar-refractivity contribution in [3.05, 3.63) is 20.3 Å². The molecule has 1 aromatic rings. The minimum absolute atomic E-state index is 0.0827. The molecule has 0 atom stereocenters. The summed E-state index contributed by atoms with van der Waals surface area (Å²) in [5, 5.41) is 0. The fraction of sp³-hybridized carbons (Fsp3) is 0.444. The molecule has 0 aliphatic rings. The highest BCUT2D eigenvalue weighted by molar-refractivity contribution is 9.10. The molecule has 1 rings (SSSR count). The van der Waals surface area contributed by atoms with Gasteiger partial charge in [0.25, 0.3) is 0 Å². The Bertz CT molecular complexity index is 301. The smallest absolute Gasteiger partial charge is 0.176 e. The fourth-order valence-corrected chi connectivity index (χ4v) is 2.84. The third-order valence-corrected chi connectivity index (χ3v) is 3.51. The molecule has 66 valence electrons. The zero-order valence-corrected chi connectivity index (χ0v) is 9.75. The third-order valence-electron chi connectivity index (χ3n) is 1.56. The molecule has 1 aromatic heterocycles. The Kier molecular flexibility index (Phi) is 3.07. The summed E-state index contributed by atoms with van der Waals surface area (Å²) in [6.45, 7) is 5.85. The summed E-state index contributed by atoms with van der Waals surface area (Å²) in [6.07, 6.45) is 0. The molecule has 0 fully saturated rings. The Hall–Kier alpha value is -0.150. The standard InChI is InChI=1S/C9H11BrOS/c1-5(2)8(11)9-7(10)4-6(3)12-9/h4-5H,1-3H3. The molecule has 0 N–H and O–H groups in total. The molecule has 3 heteroatoms. The van der Waals surface area contributed by atoms with Crippen LogP contribution in [0.15, 0.2) is 10.5 Å². The highest BCUT2D eigenvalue weighted by atomic mass is 79.9. The van der Waals surface area contributed by atoms with E-state index in [2.05, 4.69) is 15.9 Å². The van der Waals surface area contributed by atoms with Gasteiger partial charge in [-0.2, -0.15) is 0 Å². The molecule has 0 aromatic carbocycles. The first-order valence-electron chi connectivity index (χ1n) is 3.82. The second-order valence-electron chi connectivity index (χ2n) is 3.05. The van der Waals surface area contributed by atoms with Gasteiger partial charge in [0, 0.05) is 15.3 Å². The lowest BCUT2D eigenvalue weighted by Crippen LogP contribution is -2.05. The van der Waals surface area contributed by atoms with Gasteiger partial charge in [0.1, 0.15) is 0 Å². The van der Waals surface area contributed by atoms with Crippen LogP contribution in [0.2, 0.25) is 0 Å². The first kappa shape index (κ1) is 9.93. The molecule has 0 unspecified atom stereocenters. The van der Waals surface area contributed by atoms with Gasteiger partial charge < -0.3 is 0 Å². The summed E-state index contributed by atoms with van der Waals surface area (Å²) in [5.41, 5.74) is 0. The molecule has 0 amide bonds. The predicted octanol–water partition coefficient (Wildman–Crippen LogP) is 3.66. The van der Waals surface area contributed by atoms with Crippen molar-refractivity contribution in [1.29, 1.82) is 0 Å². The molecule has 0 saturated carbocycles. The Morgan fingerprint density at radius 1 is 1.58 bits per heavy atom. The van der Waals surface area contributed by atoms with Crippen molar-refractivity contribution in [2.24, 2.45) is 5.92 Å². The lowest BCUT2D eigenvalue weighted by molar-refractivity contribution is 0.0943. The molecular weight excluding hydrogens is 236 g/mol. The van der Waals surface area contributed by atoms with Crippen LogP contribution in [-0.2, 0) is 0 Å². The molecule has 0 aliphatic heterocycles. The SMILES string of the molecule is Cc1cc(Br)c(C(=O)C(C)C)s1. The van der Waals surface area contributed by atoms with Crippen LogP contribution >= 0.6 is 27.3 Å². The average molecular weight is 247 g/mol. The van der Waals surface area contributed by atoms with Gasteiger partial charge in [-0.3, -0.25) is 4.79 Å². The second kappa shape index (κ2) is 3.71. The average Bonchev–Trinajstić information content (AvgIpc) is 2.28. The molecule has 1 nitrogen and oxygen atoms in total. The summed E-state index contributed by atoms with van der Waals surface area (Å²) in [4.78, 5) is 13.6. The van der Waals surface area contributed by atoms with Crippen molar-refractivity contribution in [3.63, 3.8) is 0 Å². The number of hydrogen-bond acceptors (Lipinski definition) is 2. The van der Waals surface area contributed by atoms with E-state index in [9.17, 15) is 4.79 Å². The Morgan fingerprint density at radius 2 is 2.17 bits per heavy atom. The minimum atomic E-state index is 0.0827. The summed E-state index contributed by atoms with van der Waals surface area (Å²) in [7, 11) is 0. The number of rotatable bonds is 2. The predicted molar refractivity (Wildman–Crippen MR) is 55.9 cm³/mol. The molecule has 12 heavy (non-hydrogen) atoms. The maximum Gasteiger partial charge on any atom is 0.176 e. The van der Waals surface area contributed by atoms with Gasteiger partial charge in [0.15, 0.2) is 5.78 Å². The first-order valence-corrected chi connectivity index (χ1v) is 5.43. The van der Waals surface area contributed by atoms with Crippen molar-refractivity contribution in [1.82, 2.24) is 0 Å².